The standard InChI is InChI=1S/C17H23N3O/c1-4-16(15-7-5-13(2)6-8-15)19-17(21)9-10-20-12-14(3)11-18-20/h5-8,11-12,16H,4,9-10H2,1-3H3,(H,19,21). The first-order valence-corrected chi connectivity index (χ1v) is 7.43. The summed E-state index contributed by atoms with van der Waals surface area (Å²) in [5.41, 5.74) is 3.50. The maximum atomic E-state index is 12.1. The molecule has 0 spiro atoms. The average Bonchev–Trinajstić information content (AvgIpc) is 2.89. The van der Waals surface area contributed by atoms with Crippen LogP contribution in [0.2, 0.25) is 0 Å². The van der Waals surface area contributed by atoms with E-state index in [-0.39, 0.29) is 11.9 Å². The van der Waals surface area contributed by atoms with Crippen LogP contribution in [0.3, 0.4) is 0 Å². The quantitative estimate of drug-likeness (QED) is 0.886. The molecule has 0 aliphatic heterocycles. The molecule has 2 rings (SSSR count). The predicted molar refractivity (Wildman–Crippen MR) is 83.9 cm³/mol. The number of rotatable bonds is 6. The van der Waals surface area contributed by atoms with E-state index in [1.807, 2.05) is 17.8 Å². The summed E-state index contributed by atoms with van der Waals surface area (Å²) >= 11 is 0. The highest BCUT2D eigenvalue weighted by Crippen LogP contribution is 2.17. The maximum absolute atomic E-state index is 12.1. The SMILES string of the molecule is CCC(NC(=O)CCn1cc(C)cn1)c1ccc(C)cc1. The molecule has 0 fully saturated rings. The van der Waals surface area contributed by atoms with Crippen LogP contribution >= 0.6 is 0 Å². The first-order valence-electron chi connectivity index (χ1n) is 7.43. The number of nitrogens with zero attached hydrogens (tertiary/aromatic N) is 2. The number of carbonyl (C=O) groups excluding carboxylic acids is 1. The van der Waals surface area contributed by atoms with E-state index in [0.717, 1.165) is 17.5 Å². The molecule has 0 saturated heterocycles. The van der Waals surface area contributed by atoms with Crippen LogP contribution in [0.1, 0.15) is 42.5 Å². The van der Waals surface area contributed by atoms with Gasteiger partial charge < -0.3 is 5.32 Å². The van der Waals surface area contributed by atoms with E-state index in [2.05, 4.69) is 48.5 Å². The Morgan fingerprint density at radius 1 is 1.24 bits per heavy atom. The van der Waals surface area contributed by atoms with Gasteiger partial charge in [-0.05, 0) is 31.4 Å². The highest BCUT2D eigenvalue weighted by Gasteiger charge is 2.12. The van der Waals surface area contributed by atoms with Crippen LogP contribution in [0.15, 0.2) is 36.7 Å². The summed E-state index contributed by atoms with van der Waals surface area (Å²) < 4.78 is 1.81. The molecule has 21 heavy (non-hydrogen) atoms. The van der Waals surface area contributed by atoms with Crippen molar-refractivity contribution in [2.24, 2.45) is 0 Å². The number of amides is 1. The van der Waals surface area contributed by atoms with Gasteiger partial charge in [-0.15, -0.1) is 0 Å². The molecule has 1 unspecified atom stereocenters. The summed E-state index contributed by atoms with van der Waals surface area (Å²) in [4.78, 5) is 12.1. The van der Waals surface area contributed by atoms with Crippen LogP contribution in [-0.2, 0) is 11.3 Å². The van der Waals surface area contributed by atoms with Crippen LogP contribution in [0.25, 0.3) is 0 Å². The number of carbonyl (C=O) groups is 1. The number of hydrogen-bond acceptors (Lipinski definition) is 2. The number of aromatic nitrogens is 2. The Kier molecular flexibility index (Phi) is 5.14. The summed E-state index contributed by atoms with van der Waals surface area (Å²) in [6.07, 6.45) is 5.09. The lowest BCUT2D eigenvalue weighted by Gasteiger charge is -2.17. The Labute approximate surface area is 126 Å². The zero-order valence-corrected chi connectivity index (χ0v) is 13.0. The molecule has 1 atom stereocenters. The van der Waals surface area contributed by atoms with Gasteiger partial charge in [0.15, 0.2) is 0 Å². The first kappa shape index (κ1) is 15.3. The summed E-state index contributed by atoms with van der Waals surface area (Å²) in [6.45, 7) is 6.76. The largest absolute Gasteiger partial charge is 0.349 e. The van der Waals surface area contributed by atoms with Crippen molar-refractivity contribution in [1.82, 2.24) is 15.1 Å². The highest BCUT2D eigenvalue weighted by molar-refractivity contribution is 5.76. The lowest BCUT2D eigenvalue weighted by atomic mass is 10.0. The van der Waals surface area contributed by atoms with Crippen LogP contribution in [0, 0.1) is 13.8 Å². The molecule has 1 N–H and O–H groups in total. The monoisotopic (exact) mass is 285 g/mol. The zero-order valence-electron chi connectivity index (χ0n) is 13.0. The molecule has 0 saturated carbocycles. The van der Waals surface area contributed by atoms with Gasteiger partial charge in [-0.1, -0.05) is 36.8 Å². The van der Waals surface area contributed by atoms with Gasteiger partial charge in [-0.25, -0.2) is 0 Å². The van der Waals surface area contributed by atoms with E-state index in [1.54, 1.807) is 6.20 Å². The molecule has 1 heterocycles. The van der Waals surface area contributed by atoms with E-state index in [1.165, 1.54) is 5.56 Å². The molecule has 4 nitrogen and oxygen atoms in total. The molecule has 0 bridgehead atoms. The van der Waals surface area contributed by atoms with Gasteiger partial charge in [-0.2, -0.15) is 5.10 Å². The summed E-state index contributed by atoms with van der Waals surface area (Å²) in [6, 6.07) is 8.41. The average molecular weight is 285 g/mol. The minimum Gasteiger partial charge on any atom is -0.349 e. The first-order chi connectivity index (χ1) is 10.1. The minimum atomic E-state index is 0.0654. The second-order valence-corrected chi connectivity index (χ2v) is 5.47. The zero-order chi connectivity index (χ0) is 15.2. The lowest BCUT2D eigenvalue weighted by Crippen LogP contribution is -2.28. The smallest absolute Gasteiger partial charge is 0.222 e. The van der Waals surface area contributed by atoms with Crippen molar-refractivity contribution in [2.75, 3.05) is 0 Å². The summed E-state index contributed by atoms with van der Waals surface area (Å²) in [5, 5.41) is 7.29. The van der Waals surface area contributed by atoms with Crippen molar-refractivity contribution in [2.45, 2.75) is 46.2 Å². The van der Waals surface area contributed by atoms with E-state index < -0.39 is 0 Å². The Balaban J connectivity index is 1.89. The van der Waals surface area contributed by atoms with E-state index >= 15 is 0 Å². The third-order valence-corrected chi connectivity index (χ3v) is 3.55. The fraction of sp³-hybridized carbons (Fsp3) is 0.412. The Morgan fingerprint density at radius 3 is 2.52 bits per heavy atom. The highest BCUT2D eigenvalue weighted by atomic mass is 16.1. The second kappa shape index (κ2) is 7.07. The molecular weight excluding hydrogens is 262 g/mol. The van der Waals surface area contributed by atoms with Gasteiger partial charge in [0.25, 0.3) is 0 Å². The number of aryl methyl sites for hydroxylation is 3. The van der Waals surface area contributed by atoms with Gasteiger partial charge in [0.05, 0.1) is 12.2 Å². The van der Waals surface area contributed by atoms with Crippen LogP contribution in [-0.4, -0.2) is 15.7 Å². The fourth-order valence-electron chi connectivity index (χ4n) is 2.29. The molecule has 2 aromatic rings. The number of benzene rings is 1. The van der Waals surface area contributed by atoms with Crippen molar-refractivity contribution >= 4 is 5.91 Å². The van der Waals surface area contributed by atoms with Crippen LogP contribution in [0.4, 0.5) is 0 Å². The number of hydrogen-bond donors (Lipinski definition) is 1. The third kappa shape index (κ3) is 4.45. The minimum absolute atomic E-state index is 0.0654. The second-order valence-electron chi connectivity index (χ2n) is 5.47. The molecule has 4 heteroatoms. The van der Waals surface area contributed by atoms with Crippen molar-refractivity contribution < 1.29 is 4.79 Å². The van der Waals surface area contributed by atoms with Crippen molar-refractivity contribution in [3.63, 3.8) is 0 Å². The molecule has 0 aliphatic rings. The van der Waals surface area contributed by atoms with Gasteiger partial charge in [0.2, 0.25) is 5.91 Å². The van der Waals surface area contributed by atoms with Gasteiger partial charge in [0, 0.05) is 19.2 Å². The normalized spacial score (nSPS) is 12.1. The number of nitrogens with one attached hydrogen (secondary N) is 1. The molecule has 1 aromatic carbocycles. The molecule has 0 radical (unpaired) electrons. The van der Waals surface area contributed by atoms with Crippen molar-refractivity contribution in [1.29, 1.82) is 0 Å². The Morgan fingerprint density at radius 2 is 1.95 bits per heavy atom. The molecule has 1 aromatic heterocycles. The molecule has 0 aliphatic carbocycles. The van der Waals surface area contributed by atoms with Crippen LogP contribution < -0.4 is 5.32 Å². The van der Waals surface area contributed by atoms with E-state index in [4.69, 9.17) is 0 Å². The van der Waals surface area contributed by atoms with Crippen LogP contribution in [0.5, 0.6) is 0 Å². The fourth-order valence-corrected chi connectivity index (χ4v) is 2.29. The summed E-state index contributed by atoms with van der Waals surface area (Å²) in [7, 11) is 0. The van der Waals surface area contributed by atoms with Gasteiger partial charge in [0.1, 0.15) is 0 Å². The predicted octanol–water partition coefficient (Wildman–Crippen LogP) is 3.16. The Hall–Kier alpha value is -2.10. The van der Waals surface area contributed by atoms with Gasteiger partial charge >= 0.3 is 0 Å². The van der Waals surface area contributed by atoms with Crippen molar-refractivity contribution in [3.8, 4) is 0 Å². The maximum Gasteiger partial charge on any atom is 0.222 e. The molecule has 1 amide bonds. The van der Waals surface area contributed by atoms with Gasteiger partial charge in [-0.3, -0.25) is 9.48 Å². The molecule has 112 valence electrons. The Bertz CT molecular complexity index is 586. The third-order valence-electron chi connectivity index (χ3n) is 3.55. The van der Waals surface area contributed by atoms with E-state index in [9.17, 15) is 4.79 Å². The van der Waals surface area contributed by atoms with E-state index in [0.29, 0.717) is 13.0 Å². The topological polar surface area (TPSA) is 46.9 Å². The lowest BCUT2D eigenvalue weighted by molar-refractivity contribution is -0.122. The van der Waals surface area contributed by atoms with Crippen molar-refractivity contribution in [3.05, 3.63) is 53.3 Å². The molecular formula is C17H23N3O. The summed E-state index contributed by atoms with van der Waals surface area (Å²) in [5.74, 6) is 0.0654.